The molecule has 94 valence electrons. The summed E-state index contributed by atoms with van der Waals surface area (Å²) in [6, 6.07) is 0. The van der Waals surface area contributed by atoms with E-state index in [4.69, 9.17) is 20.0 Å². The van der Waals surface area contributed by atoms with E-state index in [1.165, 1.54) is 13.8 Å². The molecule has 4 N–H and O–H groups in total. The summed E-state index contributed by atoms with van der Waals surface area (Å²) in [6.45, 7) is 1.59. The number of carbonyl (C=O) groups is 2. The second-order valence-corrected chi connectivity index (χ2v) is 5.37. The fourth-order valence-corrected chi connectivity index (χ4v) is 1.84. The lowest BCUT2D eigenvalue weighted by atomic mass is 10.0. The molecule has 0 rings (SSSR count). The van der Waals surface area contributed by atoms with E-state index < -0.39 is 37.9 Å². The smallest absolute Gasteiger partial charge is 0.339 e. The van der Waals surface area contributed by atoms with Crippen LogP contribution in [-0.2, 0) is 14.2 Å². The predicted octanol–water partition coefficient (Wildman–Crippen LogP) is -0.629. The quantitative estimate of drug-likeness (QED) is 0.461. The Balaban J connectivity index is 5.01. The first kappa shape index (κ1) is 15.0. The minimum Gasteiger partial charge on any atom is -0.480 e. The first-order valence-corrected chi connectivity index (χ1v) is 6.01. The molecule has 0 atom stereocenters. The summed E-state index contributed by atoms with van der Waals surface area (Å²) < 4.78 is 10.8. The summed E-state index contributed by atoms with van der Waals surface area (Å²) in [5.41, 5.74) is -1.67. The molecule has 0 bridgehead atoms. The average Bonchev–Trinajstić information content (AvgIpc) is 1.98. The van der Waals surface area contributed by atoms with E-state index in [0.29, 0.717) is 4.90 Å². The van der Waals surface area contributed by atoms with Gasteiger partial charge in [0.1, 0.15) is 11.8 Å². The Kier molecular flexibility index (Phi) is 4.63. The summed E-state index contributed by atoms with van der Waals surface area (Å²) in [5.74, 6) is -2.72. The molecule has 9 heteroatoms. The first-order valence-electron chi connectivity index (χ1n) is 4.21. The van der Waals surface area contributed by atoms with E-state index in [0.717, 1.165) is 0 Å². The third-order valence-corrected chi connectivity index (χ3v) is 2.70. The topological polar surface area (TPSA) is 135 Å². The molecule has 0 aromatic carbocycles. The lowest BCUT2D eigenvalue weighted by Gasteiger charge is -2.33. The summed E-state index contributed by atoms with van der Waals surface area (Å²) in [7, 11) is -4.51. The van der Waals surface area contributed by atoms with Gasteiger partial charge in [-0.1, -0.05) is 0 Å². The monoisotopic (exact) mass is 255 g/mol. The lowest BCUT2D eigenvalue weighted by Crippen LogP contribution is -2.52. The van der Waals surface area contributed by atoms with Crippen LogP contribution in [-0.4, -0.2) is 55.2 Å². The average molecular weight is 255 g/mol. The van der Waals surface area contributed by atoms with E-state index in [1.807, 2.05) is 0 Å². The van der Waals surface area contributed by atoms with Crippen molar-refractivity contribution in [2.75, 3.05) is 12.8 Å². The Hall–Kier alpha value is -0.950. The summed E-state index contributed by atoms with van der Waals surface area (Å²) in [4.78, 5) is 39.5. The zero-order valence-corrected chi connectivity index (χ0v) is 9.72. The minimum atomic E-state index is -4.51. The molecule has 0 aliphatic carbocycles. The number of aliphatic carboxylic acids is 2. The van der Waals surface area contributed by atoms with E-state index in [2.05, 4.69) is 0 Å². The van der Waals surface area contributed by atoms with Crippen molar-refractivity contribution in [1.29, 1.82) is 0 Å². The highest BCUT2D eigenvalue weighted by atomic mass is 31.2. The van der Waals surface area contributed by atoms with Gasteiger partial charge in [-0.15, -0.1) is 0 Å². The van der Waals surface area contributed by atoms with Crippen LogP contribution in [0.25, 0.3) is 0 Å². The van der Waals surface area contributed by atoms with Gasteiger partial charge in [0, 0.05) is 0 Å². The van der Waals surface area contributed by atoms with E-state index in [9.17, 15) is 14.2 Å². The van der Waals surface area contributed by atoms with Gasteiger partial charge in [-0.25, -0.2) is 0 Å². The minimum absolute atomic E-state index is 0.707. The van der Waals surface area contributed by atoms with Crippen LogP contribution in [0.1, 0.15) is 13.8 Å². The van der Waals surface area contributed by atoms with Gasteiger partial charge in [0.25, 0.3) is 0 Å². The molecule has 16 heavy (non-hydrogen) atoms. The van der Waals surface area contributed by atoms with Gasteiger partial charge in [0.15, 0.2) is 0 Å². The molecule has 0 saturated carbocycles. The zero-order chi connectivity index (χ0) is 13.1. The van der Waals surface area contributed by atoms with Crippen LogP contribution in [0, 0.1) is 0 Å². The summed E-state index contributed by atoms with van der Waals surface area (Å²) >= 11 is 0. The molecule has 0 aliphatic rings. The van der Waals surface area contributed by atoms with Crippen molar-refractivity contribution < 1.29 is 34.2 Å². The Morgan fingerprint density at radius 1 is 1.25 bits per heavy atom. The van der Waals surface area contributed by atoms with E-state index >= 15 is 0 Å². The molecule has 0 aliphatic heterocycles. The molecule has 0 spiro atoms. The van der Waals surface area contributed by atoms with E-state index in [1.54, 1.807) is 0 Å². The van der Waals surface area contributed by atoms with Gasteiger partial charge >= 0.3 is 19.5 Å². The van der Waals surface area contributed by atoms with Crippen LogP contribution in [0.4, 0.5) is 0 Å². The molecule has 0 unspecified atom stereocenters. The van der Waals surface area contributed by atoms with Crippen LogP contribution in [0.2, 0.25) is 0 Å². The highest BCUT2D eigenvalue weighted by Gasteiger charge is 2.38. The van der Waals surface area contributed by atoms with Crippen molar-refractivity contribution >= 4 is 19.5 Å². The van der Waals surface area contributed by atoms with Crippen molar-refractivity contribution in [3.63, 3.8) is 0 Å². The van der Waals surface area contributed by atoms with Crippen molar-refractivity contribution in [3.05, 3.63) is 0 Å². The Morgan fingerprint density at radius 2 is 1.69 bits per heavy atom. The molecule has 0 fully saturated rings. The highest BCUT2D eigenvalue weighted by molar-refractivity contribution is 7.51. The molecule has 0 radical (unpaired) electrons. The zero-order valence-electron chi connectivity index (χ0n) is 8.82. The summed E-state index contributed by atoms with van der Waals surface area (Å²) in [6.07, 6.45) is -0.918. The number of rotatable bonds is 6. The van der Waals surface area contributed by atoms with Crippen LogP contribution in [0.3, 0.4) is 0 Å². The normalized spacial score (nSPS) is 12.8. The maximum Gasteiger partial charge on any atom is 0.339 e. The van der Waals surface area contributed by atoms with Gasteiger partial charge in [0.05, 0.1) is 6.54 Å². The van der Waals surface area contributed by atoms with Gasteiger partial charge in [-0.3, -0.25) is 19.1 Å². The fraction of sp³-hybridized carbons (Fsp3) is 0.714. The number of carboxylic acid groups (broad SMARTS) is 2. The van der Waals surface area contributed by atoms with Crippen molar-refractivity contribution in [3.8, 4) is 0 Å². The maximum atomic E-state index is 10.8. The molecular weight excluding hydrogens is 241 g/mol. The fourth-order valence-electron chi connectivity index (χ4n) is 0.945. The first-order chi connectivity index (χ1) is 6.97. The van der Waals surface area contributed by atoms with Crippen molar-refractivity contribution in [2.24, 2.45) is 0 Å². The Bertz CT molecular complexity index is 334. The van der Waals surface area contributed by atoms with Gasteiger partial charge in [-0.2, -0.15) is 0 Å². The SMILES string of the molecule is CC(C)(C(=O)O)N(CC(=O)O)CP(=O)(O)O. The molecule has 0 amide bonds. The third kappa shape index (κ3) is 4.71. The lowest BCUT2D eigenvalue weighted by molar-refractivity contribution is -0.151. The van der Waals surface area contributed by atoms with Gasteiger partial charge in [0.2, 0.25) is 0 Å². The summed E-state index contributed by atoms with van der Waals surface area (Å²) in [5, 5.41) is 17.4. The van der Waals surface area contributed by atoms with Crippen LogP contribution < -0.4 is 0 Å². The second kappa shape index (κ2) is 4.92. The molecule has 0 aromatic rings. The number of hydrogen-bond acceptors (Lipinski definition) is 4. The van der Waals surface area contributed by atoms with Crippen molar-refractivity contribution in [1.82, 2.24) is 4.90 Å². The maximum absolute atomic E-state index is 10.8. The number of nitrogens with zero attached hydrogens (tertiary/aromatic N) is 1. The standard InChI is InChI=1S/C7H14NO7P/c1-7(2,6(11)12)8(3-5(9)10)4-16(13,14)15/h3-4H2,1-2H3,(H,9,10)(H,11,12)(H2,13,14,15). The second-order valence-electron chi connectivity index (χ2n) is 3.76. The predicted molar refractivity (Wildman–Crippen MR) is 53.0 cm³/mol. The number of carboxylic acids is 2. The van der Waals surface area contributed by atoms with Crippen LogP contribution >= 0.6 is 7.60 Å². The third-order valence-electron chi connectivity index (χ3n) is 2.00. The number of hydrogen-bond donors (Lipinski definition) is 4. The van der Waals surface area contributed by atoms with Crippen LogP contribution in [0.5, 0.6) is 0 Å². The Morgan fingerprint density at radius 3 is 1.94 bits per heavy atom. The molecular formula is C7H14NO7P. The molecule has 0 aromatic heterocycles. The van der Waals surface area contributed by atoms with Gasteiger partial charge in [-0.05, 0) is 13.8 Å². The van der Waals surface area contributed by atoms with Gasteiger partial charge < -0.3 is 20.0 Å². The largest absolute Gasteiger partial charge is 0.480 e. The van der Waals surface area contributed by atoms with Crippen LogP contribution in [0.15, 0.2) is 0 Å². The van der Waals surface area contributed by atoms with E-state index in [-0.39, 0.29) is 0 Å². The molecule has 0 saturated heterocycles. The molecule has 0 heterocycles. The molecule has 8 nitrogen and oxygen atoms in total. The van der Waals surface area contributed by atoms with Crippen molar-refractivity contribution in [2.45, 2.75) is 19.4 Å². The Labute approximate surface area is 91.7 Å². The highest BCUT2D eigenvalue weighted by Crippen LogP contribution is 2.37.